The molecular formula is C13H17NO5. The van der Waals surface area contributed by atoms with Gasteiger partial charge in [-0.1, -0.05) is 6.07 Å². The molecule has 0 bridgehead atoms. The fourth-order valence-corrected chi connectivity index (χ4v) is 1.34. The van der Waals surface area contributed by atoms with Gasteiger partial charge in [-0.05, 0) is 32.9 Å². The Kier molecular flexibility index (Phi) is 4.37. The Morgan fingerprint density at radius 3 is 2.58 bits per heavy atom. The average molecular weight is 267 g/mol. The van der Waals surface area contributed by atoms with Crippen LogP contribution in [-0.4, -0.2) is 34.2 Å². The number of carboxylic acids is 1. The topological polar surface area (TPSA) is 95.9 Å². The largest absolute Gasteiger partial charge is 0.508 e. The third-order valence-electron chi connectivity index (χ3n) is 2.60. The van der Waals surface area contributed by atoms with Crippen LogP contribution in [0.3, 0.4) is 0 Å². The molecule has 0 saturated carbocycles. The van der Waals surface area contributed by atoms with E-state index in [9.17, 15) is 14.7 Å². The fraction of sp³-hybridized carbons (Fsp3) is 0.385. The summed E-state index contributed by atoms with van der Waals surface area (Å²) in [6.07, 6.45) is 0. The van der Waals surface area contributed by atoms with Crippen molar-refractivity contribution in [2.24, 2.45) is 0 Å². The van der Waals surface area contributed by atoms with E-state index in [-0.39, 0.29) is 12.4 Å². The quantitative estimate of drug-likeness (QED) is 0.741. The minimum absolute atomic E-state index is 0.0729. The Labute approximate surface area is 111 Å². The molecule has 1 aromatic carbocycles. The van der Waals surface area contributed by atoms with Crippen molar-refractivity contribution in [1.82, 2.24) is 5.32 Å². The summed E-state index contributed by atoms with van der Waals surface area (Å²) >= 11 is 0. The number of nitrogens with one attached hydrogen (secondary N) is 1. The van der Waals surface area contributed by atoms with Gasteiger partial charge >= 0.3 is 5.97 Å². The van der Waals surface area contributed by atoms with Crippen molar-refractivity contribution in [2.75, 3.05) is 6.61 Å². The highest BCUT2D eigenvalue weighted by Crippen LogP contribution is 2.25. The number of hydrogen-bond donors (Lipinski definition) is 3. The van der Waals surface area contributed by atoms with Crippen molar-refractivity contribution in [3.05, 3.63) is 23.8 Å². The first-order valence-electron chi connectivity index (χ1n) is 5.70. The molecule has 0 aliphatic carbocycles. The van der Waals surface area contributed by atoms with Gasteiger partial charge in [-0.15, -0.1) is 0 Å². The zero-order chi connectivity index (χ0) is 14.6. The monoisotopic (exact) mass is 267 g/mol. The van der Waals surface area contributed by atoms with Gasteiger partial charge in [0.05, 0.1) is 0 Å². The summed E-state index contributed by atoms with van der Waals surface area (Å²) in [6, 6.07) is 4.72. The van der Waals surface area contributed by atoms with Crippen LogP contribution in [0.4, 0.5) is 0 Å². The molecule has 6 heteroatoms. The molecule has 0 atom stereocenters. The first-order valence-corrected chi connectivity index (χ1v) is 5.70. The molecule has 1 rings (SSSR count). The molecule has 0 fully saturated rings. The van der Waals surface area contributed by atoms with Crippen molar-refractivity contribution < 1.29 is 24.5 Å². The summed E-state index contributed by atoms with van der Waals surface area (Å²) in [5.41, 5.74) is -0.832. The van der Waals surface area contributed by atoms with Crippen LogP contribution >= 0.6 is 0 Å². The Hall–Kier alpha value is -2.24. The van der Waals surface area contributed by atoms with E-state index in [4.69, 9.17) is 9.84 Å². The Bertz CT molecular complexity index is 496. The van der Waals surface area contributed by atoms with Crippen LogP contribution in [0.15, 0.2) is 18.2 Å². The standard InChI is InChI=1S/C13H17NO5/c1-8-9(15)5-4-6-10(8)19-7-11(16)14-13(2,3)12(17)18/h4-6,15H,7H2,1-3H3,(H,14,16)(H,17,18). The van der Waals surface area contributed by atoms with Crippen molar-refractivity contribution >= 4 is 11.9 Å². The van der Waals surface area contributed by atoms with E-state index in [1.165, 1.54) is 19.9 Å². The van der Waals surface area contributed by atoms with Crippen LogP contribution in [0.5, 0.6) is 11.5 Å². The van der Waals surface area contributed by atoms with Crippen LogP contribution < -0.4 is 10.1 Å². The third-order valence-corrected chi connectivity index (χ3v) is 2.60. The summed E-state index contributed by atoms with van der Waals surface area (Å²) in [6.45, 7) is 4.10. The van der Waals surface area contributed by atoms with E-state index in [0.717, 1.165) is 0 Å². The Morgan fingerprint density at radius 2 is 2.00 bits per heavy atom. The summed E-state index contributed by atoms with van der Waals surface area (Å²) in [5, 5.41) is 20.7. The molecule has 0 aliphatic heterocycles. The molecule has 104 valence electrons. The smallest absolute Gasteiger partial charge is 0.328 e. The second-order valence-electron chi connectivity index (χ2n) is 4.67. The maximum atomic E-state index is 11.6. The van der Waals surface area contributed by atoms with Gasteiger partial charge in [0.2, 0.25) is 0 Å². The summed E-state index contributed by atoms with van der Waals surface area (Å²) in [7, 11) is 0. The van der Waals surface area contributed by atoms with Crippen LogP contribution in [0, 0.1) is 6.92 Å². The zero-order valence-corrected chi connectivity index (χ0v) is 11.1. The Morgan fingerprint density at radius 1 is 1.37 bits per heavy atom. The highest BCUT2D eigenvalue weighted by atomic mass is 16.5. The highest BCUT2D eigenvalue weighted by molar-refractivity contribution is 5.86. The van der Waals surface area contributed by atoms with Crippen LogP contribution in [0.25, 0.3) is 0 Å². The molecule has 6 nitrogen and oxygen atoms in total. The van der Waals surface area contributed by atoms with E-state index in [2.05, 4.69) is 5.32 Å². The van der Waals surface area contributed by atoms with E-state index in [1.807, 2.05) is 0 Å². The summed E-state index contributed by atoms with van der Waals surface area (Å²) < 4.78 is 5.24. The fourth-order valence-electron chi connectivity index (χ4n) is 1.34. The van der Waals surface area contributed by atoms with Crippen molar-refractivity contribution in [3.8, 4) is 11.5 Å². The molecule has 0 heterocycles. The van der Waals surface area contributed by atoms with Gasteiger partial charge in [-0.25, -0.2) is 4.79 Å². The number of benzene rings is 1. The number of carbonyl (C=O) groups is 2. The first kappa shape index (κ1) is 14.8. The summed E-state index contributed by atoms with van der Waals surface area (Å²) in [5.74, 6) is -1.23. The van der Waals surface area contributed by atoms with Gasteiger partial charge in [-0.2, -0.15) is 0 Å². The number of aromatic hydroxyl groups is 1. The number of carbonyl (C=O) groups excluding carboxylic acids is 1. The molecule has 3 N–H and O–H groups in total. The minimum Gasteiger partial charge on any atom is -0.508 e. The van der Waals surface area contributed by atoms with E-state index in [0.29, 0.717) is 11.3 Å². The van der Waals surface area contributed by atoms with Gasteiger partial charge < -0.3 is 20.3 Å². The molecule has 1 amide bonds. The predicted molar refractivity (Wildman–Crippen MR) is 68.2 cm³/mol. The zero-order valence-electron chi connectivity index (χ0n) is 11.1. The maximum Gasteiger partial charge on any atom is 0.328 e. The van der Waals surface area contributed by atoms with Crippen LogP contribution in [0.2, 0.25) is 0 Å². The highest BCUT2D eigenvalue weighted by Gasteiger charge is 2.28. The van der Waals surface area contributed by atoms with Gasteiger partial charge in [0, 0.05) is 5.56 Å². The van der Waals surface area contributed by atoms with E-state index in [1.54, 1.807) is 19.1 Å². The molecule has 19 heavy (non-hydrogen) atoms. The lowest BCUT2D eigenvalue weighted by molar-refractivity contribution is -0.146. The lowest BCUT2D eigenvalue weighted by Crippen LogP contribution is -2.51. The lowest BCUT2D eigenvalue weighted by Gasteiger charge is -2.21. The molecule has 0 unspecified atom stereocenters. The SMILES string of the molecule is Cc1c(O)cccc1OCC(=O)NC(C)(C)C(=O)O. The number of carboxylic acid groups (broad SMARTS) is 1. The molecule has 0 saturated heterocycles. The molecule has 0 radical (unpaired) electrons. The molecule has 0 aromatic heterocycles. The van der Waals surface area contributed by atoms with Crippen molar-refractivity contribution in [2.45, 2.75) is 26.3 Å². The van der Waals surface area contributed by atoms with Crippen LogP contribution in [-0.2, 0) is 9.59 Å². The minimum atomic E-state index is -1.35. The van der Waals surface area contributed by atoms with Crippen molar-refractivity contribution in [3.63, 3.8) is 0 Å². The first-order chi connectivity index (χ1) is 8.74. The predicted octanol–water partition coefficient (Wildman–Crippen LogP) is 1.06. The van der Waals surface area contributed by atoms with Gasteiger partial charge in [0.25, 0.3) is 5.91 Å². The molecular weight excluding hydrogens is 250 g/mol. The van der Waals surface area contributed by atoms with Gasteiger partial charge in [0.15, 0.2) is 6.61 Å². The number of rotatable bonds is 5. The Balaban J connectivity index is 2.60. The van der Waals surface area contributed by atoms with Gasteiger partial charge in [0.1, 0.15) is 17.0 Å². The van der Waals surface area contributed by atoms with E-state index < -0.39 is 17.4 Å². The molecule has 1 aromatic rings. The number of ether oxygens (including phenoxy) is 1. The van der Waals surface area contributed by atoms with Gasteiger partial charge in [-0.3, -0.25) is 4.79 Å². The second-order valence-corrected chi connectivity index (χ2v) is 4.67. The summed E-state index contributed by atoms with van der Waals surface area (Å²) in [4.78, 5) is 22.4. The number of aliphatic carboxylic acids is 1. The number of phenols is 1. The average Bonchev–Trinajstić information content (AvgIpc) is 2.30. The second kappa shape index (κ2) is 5.60. The number of amides is 1. The lowest BCUT2D eigenvalue weighted by atomic mass is 10.1. The van der Waals surface area contributed by atoms with Crippen molar-refractivity contribution in [1.29, 1.82) is 0 Å². The third kappa shape index (κ3) is 3.87. The van der Waals surface area contributed by atoms with Crippen LogP contribution in [0.1, 0.15) is 19.4 Å². The molecule has 0 aliphatic rings. The maximum absolute atomic E-state index is 11.6. The van der Waals surface area contributed by atoms with E-state index >= 15 is 0 Å². The molecule has 0 spiro atoms. The normalized spacial score (nSPS) is 10.9. The number of phenolic OH excluding ortho intramolecular Hbond substituents is 1. The number of hydrogen-bond acceptors (Lipinski definition) is 4.